The van der Waals surface area contributed by atoms with E-state index in [4.69, 9.17) is 0 Å². The summed E-state index contributed by atoms with van der Waals surface area (Å²) in [6.07, 6.45) is 6.97. The molecule has 1 aliphatic carbocycles. The first kappa shape index (κ1) is 15.6. The number of carbonyl (C=O) groups excluding carboxylic acids is 1. The van der Waals surface area contributed by atoms with E-state index in [-0.39, 0.29) is 5.91 Å². The Labute approximate surface area is 146 Å². The number of rotatable bonds is 4. The summed E-state index contributed by atoms with van der Waals surface area (Å²) in [6.45, 7) is 0.534. The monoisotopic (exact) mass is 335 g/mol. The highest BCUT2D eigenvalue weighted by molar-refractivity contribution is 5.94. The number of H-pyrrole nitrogens is 1. The molecule has 25 heavy (non-hydrogen) atoms. The highest BCUT2D eigenvalue weighted by Gasteiger charge is 2.21. The van der Waals surface area contributed by atoms with Crippen molar-refractivity contribution in [2.45, 2.75) is 25.8 Å². The van der Waals surface area contributed by atoms with Gasteiger partial charge in [-0.15, -0.1) is 0 Å². The highest BCUT2D eigenvalue weighted by Crippen LogP contribution is 2.24. The minimum Gasteiger partial charge on any atom is -0.336 e. The van der Waals surface area contributed by atoms with Crippen molar-refractivity contribution in [3.63, 3.8) is 0 Å². The Morgan fingerprint density at radius 2 is 2.08 bits per heavy atom. The number of amides is 1. The van der Waals surface area contributed by atoms with Crippen molar-refractivity contribution >= 4 is 5.91 Å². The summed E-state index contributed by atoms with van der Waals surface area (Å²) in [7, 11) is 3.78. The third kappa shape index (κ3) is 2.84. The maximum absolute atomic E-state index is 12.7. The van der Waals surface area contributed by atoms with Gasteiger partial charge in [-0.25, -0.2) is 4.98 Å². The molecule has 0 bridgehead atoms. The quantitative estimate of drug-likeness (QED) is 0.797. The maximum atomic E-state index is 12.7. The van der Waals surface area contributed by atoms with E-state index >= 15 is 0 Å². The first-order valence-electron chi connectivity index (χ1n) is 8.51. The van der Waals surface area contributed by atoms with E-state index in [1.165, 1.54) is 17.7 Å². The first-order valence-corrected chi connectivity index (χ1v) is 8.51. The van der Waals surface area contributed by atoms with Crippen molar-refractivity contribution in [3.05, 3.63) is 59.2 Å². The molecule has 1 aromatic carbocycles. The van der Waals surface area contributed by atoms with Gasteiger partial charge in [0.2, 0.25) is 0 Å². The minimum atomic E-state index is 0.00105. The van der Waals surface area contributed by atoms with Crippen LogP contribution in [0.3, 0.4) is 0 Å². The number of aryl methyl sites for hydroxylation is 2. The SMILES string of the molecule is CN(Cc1n[nH]c2c1CCC2)C(=O)c1ccc(-c2nccn2C)cc1. The first-order chi connectivity index (χ1) is 12.1. The van der Waals surface area contributed by atoms with Gasteiger partial charge in [-0.1, -0.05) is 12.1 Å². The number of hydrogen-bond donors (Lipinski definition) is 1. The molecule has 6 nitrogen and oxygen atoms in total. The second kappa shape index (κ2) is 6.20. The van der Waals surface area contributed by atoms with Crippen molar-refractivity contribution < 1.29 is 4.79 Å². The molecule has 0 saturated heterocycles. The molecule has 0 fully saturated rings. The fourth-order valence-electron chi connectivity index (χ4n) is 3.44. The minimum absolute atomic E-state index is 0.00105. The smallest absolute Gasteiger partial charge is 0.253 e. The number of hydrogen-bond acceptors (Lipinski definition) is 3. The van der Waals surface area contributed by atoms with Crippen molar-refractivity contribution in [1.29, 1.82) is 0 Å². The van der Waals surface area contributed by atoms with Crippen LogP contribution in [0.2, 0.25) is 0 Å². The zero-order valence-electron chi connectivity index (χ0n) is 14.5. The van der Waals surface area contributed by atoms with Crippen LogP contribution in [0, 0.1) is 0 Å². The fraction of sp³-hybridized carbons (Fsp3) is 0.316. The summed E-state index contributed by atoms with van der Waals surface area (Å²) < 4.78 is 1.96. The van der Waals surface area contributed by atoms with Crippen molar-refractivity contribution in [1.82, 2.24) is 24.6 Å². The lowest BCUT2D eigenvalue weighted by Crippen LogP contribution is -2.26. The number of imidazole rings is 1. The summed E-state index contributed by atoms with van der Waals surface area (Å²) in [5.41, 5.74) is 5.19. The highest BCUT2D eigenvalue weighted by atomic mass is 16.2. The van der Waals surface area contributed by atoms with Crippen LogP contribution in [0.25, 0.3) is 11.4 Å². The van der Waals surface area contributed by atoms with Crippen molar-refractivity contribution in [2.24, 2.45) is 7.05 Å². The number of carbonyl (C=O) groups is 1. The van der Waals surface area contributed by atoms with Crippen LogP contribution in [0.5, 0.6) is 0 Å². The number of benzene rings is 1. The van der Waals surface area contributed by atoms with Crippen molar-refractivity contribution in [2.75, 3.05) is 7.05 Å². The number of nitrogens with one attached hydrogen (secondary N) is 1. The average molecular weight is 335 g/mol. The third-order valence-electron chi connectivity index (χ3n) is 4.84. The second-order valence-corrected chi connectivity index (χ2v) is 6.58. The second-order valence-electron chi connectivity index (χ2n) is 6.58. The third-order valence-corrected chi connectivity index (χ3v) is 4.84. The van der Waals surface area contributed by atoms with Crippen LogP contribution in [0.15, 0.2) is 36.7 Å². The van der Waals surface area contributed by atoms with Gasteiger partial charge in [0.15, 0.2) is 0 Å². The lowest BCUT2D eigenvalue weighted by atomic mass is 10.1. The predicted octanol–water partition coefficient (Wildman–Crippen LogP) is 2.57. The van der Waals surface area contributed by atoms with E-state index in [0.717, 1.165) is 29.9 Å². The predicted molar refractivity (Wildman–Crippen MR) is 95.1 cm³/mol. The summed E-state index contributed by atoms with van der Waals surface area (Å²) in [5.74, 6) is 0.889. The Morgan fingerprint density at radius 3 is 2.80 bits per heavy atom. The maximum Gasteiger partial charge on any atom is 0.253 e. The lowest BCUT2D eigenvalue weighted by Gasteiger charge is -2.17. The molecule has 1 aliphatic rings. The van der Waals surface area contributed by atoms with Crippen LogP contribution < -0.4 is 0 Å². The molecule has 3 aromatic rings. The number of fused-ring (bicyclic) bond motifs is 1. The van der Waals surface area contributed by atoms with E-state index in [0.29, 0.717) is 12.1 Å². The van der Waals surface area contributed by atoms with Gasteiger partial charge in [0.1, 0.15) is 5.82 Å². The normalized spacial score (nSPS) is 13.0. The Balaban J connectivity index is 1.49. The molecule has 0 saturated carbocycles. The van der Waals surface area contributed by atoms with Gasteiger partial charge in [0.25, 0.3) is 5.91 Å². The van der Waals surface area contributed by atoms with E-state index in [1.807, 2.05) is 49.1 Å². The Kier molecular flexibility index (Phi) is 3.87. The molecule has 0 aliphatic heterocycles. The van der Waals surface area contributed by atoms with E-state index in [9.17, 15) is 4.79 Å². The largest absolute Gasteiger partial charge is 0.336 e. The summed E-state index contributed by atoms with van der Waals surface area (Å²) in [4.78, 5) is 18.8. The fourth-order valence-corrected chi connectivity index (χ4v) is 3.44. The van der Waals surface area contributed by atoms with E-state index in [2.05, 4.69) is 15.2 Å². The zero-order chi connectivity index (χ0) is 17.4. The van der Waals surface area contributed by atoms with Gasteiger partial charge in [0.05, 0.1) is 12.2 Å². The van der Waals surface area contributed by atoms with Gasteiger partial charge in [-0.2, -0.15) is 5.10 Å². The Hall–Kier alpha value is -2.89. The molecule has 2 aromatic heterocycles. The van der Waals surface area contributed by atoms with Gasteiger partial charge in [-0.3, -0.25) is 9.89 Å². The molecule has 0 unspecified atom stereocenters. The van der Waals surface area contributed by atoms with Crippen LogP contribution in [0.4, 0.5) is 0 Å². The Morgan fingerprint density at radius 1 is 1.28 bits per heavy atom. The van der Waals surface area contributed by atoms with Crippen LogP contribution in [-0.4, -0.2) is 37.6 Å². The molecule has 0 atom stereocenters. The van der Waals surface area contributed by atoms with Gasteiger partial charge in [-0.05, 0) is 37.0 Å². The molecule has 128 valence electrons. The average Bonchev–Trinajstić information content (AvgIpc) is 3.33. The lowest BCUT2D eigenvalue weighted by molar-refractivity contribution is 0.0783. The molecule has 4 rings (SSSR count). The Bertz CT molecular complexity index is 906. The van der Waals surface area contributed by atoms with Crippen LogP contribution >= 0.6 is 0 Å². The summed E-state index contributed by atoms with van der Waals surface area (Å²) in [6, 6.07) is 7.60. The molecule has 0 radical (unpaired) electrons. The summed E-state index contributed by atoms with van der Waals surface area (Å²) in [5, 5.41) is 7.48. The zero-order valence-corrected chi connectivity index (χ0v) is 14.5. The molecule has 2 heterocycles. The van der Waals surface area contributed by atoms with E-state index < -0.39 is 0 Å². The van der Waals surface area contributed by atoms with Gasteiger partial charge in [0, 0.05) is 43.3 Å². The molecule has 6 heteroatoms. The number of nitrogens with zero attached hydrogens (tertiary/aromatic N) is 4. The molecule has 0 spiro atoms. The number of aromatic amines is 1. The van der Waals surface area contributed by atoms with Crippen LogP contribution in [0.1, 0.15) is 33.7 Å². The van der Waals surface area contributed by atoms with E-state index in [1.54, 1.807) is 11.1 Å². The van der Waals surface area contributed by atoms with Gasteiger partial charge >= 0.3 is 0 Å². The molecular weight excluding hydrogens is 314 g/mol. The standard InChI is InChI=1S/C19H21N5O/c1-23-11-10-20-18(23)13-6-8-14(9-7-13)19(25)24(2)12-17-15-4-3-5-16(15)21-22-17/h6-11H,3-5,12H2,1-2H3,(H,21,22). The van der Waals surface area contributed by atoms with Gasteiger partial charge < -0.3 is 9.47 Å². The van der Waals surface area contributed by atoms with Crippen LogP contribution in [-0.2, 0) is 26.4 Å². The molecule has 1 amide bonds. The topological polar surface area (TPSA) is 66.8 Å². The van der Waals surface area contributed by atoms with Crippen molar-refractivity contribution in [3.8, 4) is 11.4 Å². The molecule has 1 N–H and O–H groups in total. The molecular formula is C19H21N5O. The number of aromatic nitrogens is 4. The summed E-state index contributed by atoms with van der Waals surface area (Å²) >= 11 is 0.